The van der Waals surface area contributed by atoms with E-state index in [-0.39, 0.29) is 28.9 Å². The van der Waals surface area contributed by atoms with Crippen molar-refractivity contribution in [2.75, 3.05) is 19.0 Å². The zero-order chi connectivity index (χ0) is 18.2. The molecule has 1 heterocycles. The molecule has 0 saturated carbocycles. The van der Waals surface area contributed by atoms with Gasteiger partial charge in [0.25, 0.3) is 6.43 Å². The summed E-state index contributed by atoms with van der Waals surface area (Å²) >= 11 is 5.71. The first kappa shape index (κ1) is 18.5. The Hall–Kier alpha value is -2.81. The Labute approximate surface area is 147 Å². The van der Waals surface area contributed by atoms with E-state index in [9.17, 15) is 8.78 Å². The molecule has 0 aliphatic heterocycles. The van der Waals surface area contributed by atoms with Gasteiger partial charge in [0.15, 0.2) is 5.75 Å². The van der Waals surface area contributed by atoms with E-state index in [4.69, 9.17) is 26.6 Å². The molecular weight excluding hydrogens is 356 g/mol. The Morgan fingerprint density at radius 2 is 2.12 bits per heavy atom. The zero-order valence-corrected chi connectivity index (χ0v) is 13.8. The summed E-state index contributed by atoms with van der Waals surface area (Å²) in [6.07, 6.45) is 1.53. The molecule has 2 aromatic rings. The molecule has 0 fully saturated rings. The van der Waals surface area contributed by atoms with Gasteiger partial charge in [-0.3, -0.25) is 0 Å². The molecule has 25 heavy (non-hydrogen) atoms. The second-order valence-electron chi connectivity index (χ2n) is 4.62. The predicted molar refractivity (Wildman–Crippen MR) is 87.3 cm³/mol. The highest BCUT2D eigenvalue weighted by atomic mass is 35.5. The highest BCUT2D eigenvalue weighted by Crippen LogP contribution is 2.29. The van der Waals surface area contributed by atoms with Gasteiger partial charge in [-0.25, -0.2) is 14.3 Å². The Balaban J connectivity index is 2.00. The number of nitrogens with zero attached hydrogens (tertiary/aromatic N) is 3. The van der Waals surface area contributed by atoms with E-state index in [1.807, 2.05) is 0 Å². The van der Waals surface area contributed by atoms with Crippen molar-refractivity contribution in [3.05, 3.63) is 53.1 Å². The van der Waals surface area contributed by atoms with E-state index in [2.05, 4.69) is 20.4 Å². The summed E-state index contributed by atoms with van der Waals surface area (Å²) in [5.74, 6) is 0.479. The molecule has 0 amide bonds. The van der Waals surface area contributed by atoms with Gasteiger partial charge in [-0.15, -0.1) is 0 Å². The molecule has 0 unspecified atom stereocenters. The lowest BCUT2D eigenvalue weighted by Gasteiger charge is -2.08. The standard InChI is InChI=1S/C15H14ClF2N5O2/c1-24-11-6-21-15(22-7-11)25-8-10(23-19)5-20-9-2-3-13(16)12(4-9)14(17)18/h2-7,14,19-20H,8H2,1H3/b10-5-,23-19?. The molecule has 1 aromatic heterocycles. The molecule has 1 aromatic carbocycles. The van der Waals surface area contributed by atoms with Crippen LogP contribution in [0, 0.1) is 5.53 Å². The summed E-state index contributed by atoms with van der Waals surface area (Å²) in [7, 11) is 1.49. The third-order valence-corrected chi connectivity index (χ3v) is 3.31. The quantitative estimate of drug-likeness (QED) is 0.671. The first-order valence-corrected chi connectivity index (χ1v) is 7.30. The molecule has 0 bridgehead atoms. The lowest BCUT2D eigenvalue weighted by Crippen LogP contribution is -2.04. The van der Waals surface area contributed by atoms with Crippen molar-refractivity contribution >= 4 is 17.3 Å². The van der Waals surface area contributed by atoms with Gasteiger partial charge < -0.3 is 14.8 Å². The fraction of sp³-hybridized carbons (Fsp3) is 0.200. The van der Waals surface area contributed by atoms with Crippen LogP contribution in [-0.2, 0) is 0 Å². The van der Waals surface area contributed by atoms with Crippen LogP contribution in [0.1, 0.15) is 12.0 Å². The third kappa shape index (κ3) is 5.35. The summed E-state index contributed by atoms with van der Waals surface area (Å²) in [5, 5.41) is 6.04. The van der Waals surface area contributed by atoms with Gasteiger partial charge in [0.05, 0.1) is 19.5 Å². The van der Waals surface area contributed by atoms with Crippen molar-refractivity contribution in [2.24, 2.45) is 5.11 Å². The normalized spacial score (nSPS) is 11.3. The minimum Gasteiger partial charge on any atom is -0.494 e. The van der Waals surface area contributed by atoms with Crippen molar-refractivity contribution in [3.8, 4) is 11.8 Å². The van der Waals surface area contributed by atoms with Crippen molar-refractivity contribution < 1.29 is 18.3 Å². The number of hydrogen-bond donors (Lipinski definition) is 2. The van der Waals surface area contributed by atoms with E-state index in [1.165, 1.54) is 43.9 Å². The maximum Gasteiger partial charge on any atom is 0.316 e. The van der Waals surface area contributed by atoms with Crippen LogP contribution in [0.5, 0.6) is 11.8 Å². The number of halogens is 3. The number of nitrogens with one attached hydrogen (secondary N) is 2. The lowest BCUT2D eigenvalue weighted by molar-refractivity contribution is 0.151. The van der Waals surface area contributed by atoms with Crippen LogP contribution in [-0.4, -0.2) is 23.7 Å². The first-order valence-electron chi connectivity index (χ1n) is 6.93. The monoisotopic (exact) mass is 369 g/mol. The molecule has 0 spiro atoms. The molecule has 132 valence electrons. The predicted octanol–water partition coefficient (Wildman–Crippen LogP) is 4.44. The molecule has 2 N–H and O–H groups in total. The van der Waals surface area contributed by atoms with Gasteiger partial charge in [0, 0.05) is 22.5 Å². The Morgan fingerprint density at radius 3 is 2.72 bits per heavy atom. The fourth-order valence-electron chi connectivity index (χ4n) is 1.70. The van der Waals surface area contributed by atoms with E-state index in [0.717, 1.165) is 0 Å². The topological polar surface area (TPSA) is 92.5 Å². The van der Waals surface area contributed by atoms with Crippen molar-refractivity contribution in [1.29, 1.82) is 5.53 Å². The molecule has 0 aliphatic rings. The molecule has 0 atom stereocenters. The fourth-order valence-corrected chi connectivity index (χ4v) is 1.90. The van der Waals surface area contributed by atoms with Gasteiger partial charge in [-0.1, -0.05) is 11.6 Å². The second kappa shape index (κ2) is 8.88. The first-order chi connectivity index (χ1) is 12.0. The Morgan fingerprint density at radius 1 is 1.40 bits per heavy atom. The van der Waals surface area contributed by atoms with Gasteiger partial charge in [0.2, 0.25) is 0 Å². The van der Waals surface area contributed by atoms with Crippen LogP contribution >= 0.6 is 11.6 Å². The van der Waals surface area contributed by atoms with Crippen LogP contribution in [0.15, 0.2) is 47.6 Å². The highest BCUT2D eigenvalue weighted by Gasteiger charge is 2.12. The van der Waals surface area contributed by atoms with Gasteiger partial charge >= 0.3 is 6.01 Å². The molecule has 2 rings (SSSR count). The van der Waals surface area contributed by atoms with Gasteiger partial charge in [-0.05, 0) is 18.2 Å². The second-order valence-corrected chi connectivity index (χ2v) is 5.03. The van der Waals surface area contributed by atoms with E-state index in [1.54, 1.807) is 0 Å². The Bertz CT molecular complexity index is 756. The molecule has 0 saturated heterocycles. The van der Waals surface area contributed by atoms with Crippen molar-refractivity contribution in [1.82, 2.24) is 9.97 Å². The number of hydrogen-bond acceptors (Lipinski definition) is 7. The van der Waals surface area contributed by atoms with Crippen LogP contribution in [0.3, 0.4) is 0 Å². The Kier molecular flexibility index (Phi) is 6.58. The zero-order valence-electron chi connectivity index (χ0n) is 13.0. The molecule has 10 heteroatoms. The summed E-state index contributed by atoms with van der Waals surface area (Å²) in [5.41, 5.74) is 7.43. The number of methoxy groups -OCH3 is 1. The smallest absolute Gasteiger partial charge is 0.316 e. The summed E-state index contributed by atoms with van der Waals surface area (Å²) < 4.78 is 35.8. The van der Waals surface area contributed by atoms with Crippen molar-refractivity contribution in [2.45, 2.75) is 6.43 Å². The lowest BCUT2D eigenvalue weighted by atomic mass is 10.2. The molecular formula is C15H14ClF2N5O2. The average Bonchev–Trinajstić information content (AvgIpc) is 2.63. The minimum atomic E-state index is -2.69. The largest absolute Gasteiger partial charge is 0.494 e. The van der Waals surface area contributed by atoms with E-state index >= 15 is 0 Å². The van der Waals surface area contributed by atoms with Crippen LogP contribution in [0.25, 0.3) is 0 Å². The van der Waals surface area contributed by atoms with Crippen LogP contribution in [0.4, 0.5) is 14.5 Å². The molecule has 7 nitrogen and oxygen atoms in total. The maximum absolute atomic E-state index is 12.8. The summed E-state index contributed by atoms with van der Waals surface area (Å²) in [6, 6.07) is 4.19. The number of anilines is 1. The maximum atomic E-state index is 12.8. The van der Waals surface area contributed by atoms with E-state index in [0.29, 0.717) is 11.4 Å². The van der Waals surface area contributed by atoms with Crippen molar-refractivity contribution in [3.63, 3.8) is 0 Å². The number of rotatable bonds is 8. The van der Waals surface area contributed by atoms with Gasteiger partial charge in [0.1, 0.15) is 12.3 Å². The van der Waals surface area contributed by atoms with Crippen LogP contribution in [0.2, 0.25) is 5.02 Å². The number of ether oxygens (including phenoxy) is 2. The third-order valence-electron chi connectivity index (χ3n) is 2.97. The SMILES string of the molecule is COc1cnc(OC/C(=C/Nc2ccc(Cl)c(C(F)F)c2)N=N)nc1. The van der Waals surface area contributed by atoms with Gasteiger partial charge in [-0.2, -0.15) is 15.1 Å². The summed E-state index contributed by atoms with van der Waals surface area (Å²) in [6.45, 7) is -0.0852. The minimum absolute atomic E-state index is 0.0186. The molecule has 0 radical (unpaired) electrons. The summed E-state index contributed by atoms with van der Waals surface area (Å²) in [4.78, 5) is 7.82. The number of alkyl halides is 2. The molecule has 0 aliphatic carbocycles. The van der Waals surface area contributed by atoms with E-state index < -0.39 is 6.43 Å². The average molecular weight is 370 g/mol. The van der Waals surface area contributed by atoms with Crippen LogP contribution < -0.4 is 14.8 Å². The number of aromatic nitrogens is 2. The highest BCUT2D eigenvalue weighted by molar-refractivity contribution is 6.31. The number of benzene rings is 1.